The van der Waals surface area contributed by atoms with Crippen LogP contribution in [0.5, 0.6) is 0 Å². The van der Waals surface area contributed by atoms with Crippen molar-refractivity contribution in [2.75, 3.05) is 0 Å². The Hall–Kier alpha value is -2.44. The molecule has 232 valence electrons. The molecule has 0 amide bonds. The summed E-state index contributed by atoms with van der Waals surface area (Å²) in [7, 11) is 0. The zero-order chi connectivity index (χ0) is 30.3. The Kier molecular flexibility index (Phi) is 13.9. The molecule has 5 aromatic rings. The fourth-order valence-electron chi connectivity index (χ4n) is 6.14. The number of benzene rings is 4. The monoisotopic (exact) mass is 708 g/mol. The number of rotatable bonds is 4. The van der Waals surface area contributed by atoms with Gasteiger partial charge in [-0.25, -0.2) is 12.2 Å². The first kappa shape index (κ1) is 37.0. The third-order valence-corrected chi connectivity index (χ3v) is 10.4. The minimum atomic E-state index is -0.0417. The van der Waals surface area contributed by atoms with E-state index < -0.39 is 0 Å². The van der Waals surface area contributed by atoms with Gasteiger partial charge in [0.2, 0.25) is 0 Å². The van der Waals surface area contributed by atoms with Crippen LogP contribution in [0.15, 0.2) is 121 Å². The number of allylic oxidation sites excluding steroid dienone is 4. The Bertz CT molecular complexity index is 1600. The molecule has 0 spiro atoms. The van der Waals surface area contributed by atoms with Gasteiger partial charge in [-0.05, 0) is 11.1 Å². The molecule has 0 atom stereocenters. The fourth-order valence-corrected chi connectivity index (χ4v) is 7.01. The summed E-state index contributed by atoms with van der Waals surface area (Å²) in [4.78, 5) is 0. The molecule has 3 heteroatoms. The molecule has 0 unspecified atom stereocenters. The molecule has 0 bridgehead atoms. The molecule has 1 saturated carbocycles. The van der Waals surface area contributed by atoms with Gasteiger partial charge in [0.05, 0.1) is 0 Å². The molecule has 2 aliphatic rings. The first-order valence-corrected chi connectivity index (χ1v) is 17.0. The summed E-state index contributed by atoms with van der Waals surface area (Å²) in [6, 6.07) is 37.9. The first-order chi connectivity index (χ1) is 20.8. The number of hydrogen-bond donors (Lipinski definition) is 0. The second kappa shape index (κ2) is 16.9. The minimum absolute atomic E-state index is 0. The van der Waals surface area contributed by atoms with Gasteiger partial charge in [-0.3, -0.25) is 6.08 Å². The van der Waals surface area contributed by atoms with Gasteiger partial charge in [-0.15, -0.1) is 46.2 Å². The van der Waals surface area contributed by atoms with Gasteiger partial charge in [-0.1, -0.05) is 124 Å². The van der Waals surface area contributed by atoms with Crippen LogP contribution in [-0.2, 0) is 35.1 Å². The van der Waals surface area contributed by atoms with Gasteiger partial charge in [-0.2, -0.15) is 6.08 Å². The van der Waals surface area contributed by atoms with Gasteiger partial charge in [0, 0.05) is 10.8 Å². The van der Waals surface area contributed by atoms with Crippen LogP contribution in [0.3, 0.4) is 0 Å². The quantitative estimate of drug-likeness (QED) is 0.221. The second-order valence-corrected chi connectivity index (χ2v) is 14.6. The van der Waals surface area contributed by atoms with E-state index in [4.69, 9.17) is 0 Å². The van der Waals surface area contributed by atoms with Crippen LogP contribution < -0.4 is 24.8 Å². The van der Waals surface area contributed by atoms with E-state index in [1.165, 1.54) is 75.9 Å². The van der Waals surface area contributed by atoms with Crippen molar-refractivity contribution in [1.82, 2.24) is 0 Å². The van der Waals surface area contributed by atoms with Gasteiger partial charge in [0.1, 0.15) is 0 Å². The molecular weight excluding hydrogens is 667 g/mol. The number of fused-ring (bicyclic) bond motifs is 3. The third kappa shape index (κ3) is 9.10. The zero-order valence-corrected chi connectivity index (χ0v) is 31.0. The molecule has 1 fully saturated rings. The fraction of sp³-hybridized carbons (Fsp3) is 0.286. The Morgan fingerprint density at radius 3 is 1.40 bits per heavy atom. The van der Waals surface area contributed by atoms with E-state index in [1.54, 1.807) is 27.4 Å². The molecule has 45 heavy (non-hydrogen) atoms. The first-order valence-electron chi connectivity index (χ1n) is 15.8. The van der Waals surface area contributed by atoms with Crippen LogP contribution in [0, 0.1) is 6.08 Å². The molecule has 7 rings (SSSR count). The summed E-state index contributed by atoms with van der Waals surface area (Å²) >= 11 is 1.69. The molecule has 0 N–H and O–H groups in total. The zero-order valence-electron chi connectivity index (χ0n) is 27.0. The topological polar surface area (TPSA) is 0 Å². The molecule has 5 aromatic carbocycles. The van der Waals surface area contributed by atoms with Gasteiger partial charge in [0.25, 0.3) is 0 Å². The summed E-state index contributed by atoms with van der Waals surface area (Å²) in [5.41, 5.74) is 5.31. The van der Waals surface area contributed by atoms with Gasteiger partial charge >= 0.3 is 59.5 Å². The third-order valence-electron chi connectivity index (χ3n) is 9.19. The molecule has 0 aromatic heterocycles. The predicted octanol–water partition coefficient (Wildman–Crippen LogP) is 5.35. The van der Waals surface area contributed by atoms with Crippen LogP contribution in [0.25, 0.3) is 21.5 Å². The van der Waals surface area contributed by atoms with Crippen molar-refractivity contribution in [1.29, 1.82) is 0 Å². The summed E-state index contributed by atoms with van der Waals surface area (Å²) < 4.78 is 1.80. The summed E-state index contributed by atoms with van der Waals surface area (Å²) in [5.74, 6) is 0. The van der Waals surface area contributed by atoms with E-state index in [9.17, 15) is 0 Å². The van der Waals surface area contributed by atoms with Crippen molar-refractivity contribution >= 4 is 24.8 Å². The van der Waals surface area contributed by atoms with Crippen LogP contribution in [0.1, 0.15) is 88.5 Å². The molecule has 0 nitrogen and oxygen atoms in total. The average Bonchev–Trinajstić information content (AvgIpc) is 3.74. The van der Waals surface area contributed by atoms with Crippen molar-refractivity contribution in [2.24, 2.45) is 0 Å². The maximum atomic E-state index is 2.99. The summed E-state index contributed by atoms with van der Waals surface area (Å²) in [5, 5.41) is 5.33. The molecule has 0 saturated heterocycles. The van der Waals surface area contributed by atoms with Crippen molar-refractivity contribution in [2.45, 2.75) is 77.0 Å². The van der Waals surface area contributed by atoms with Crippen LogP contribution in [-0.4, -0.2) is 3.21 Å². The van der Waals surface area contributed by atoms with E-state index in [0.29, 0.717) is 0 Å². The SMILES string of the molecule is CC(C)(c1ccccc1)c1ccc2[cH-]c3ccc(C(C)(C)c4ccccc4)cc3c2c1.[C-]1=CC=CC1.[Cl-].[Cl-].[Zr+2]=[C]1CCCCC1. The maximum absolute atomic E-state index is 2.99. The van der Waals surface area contributed by atoms with E-state index in [1.807, 2.05) is 12.2 Å². The molecule has 0 radical (unpaired) electrons. The Morgan fingerprint density at radius 1 is 0.600 bits per heavy atom. The Morgan fingerprint density at radius 2 is 1.07 bits per heavy atom. The predicted molar refractivity (Wildman–Crippen MR) is 184 cm³/mol. The van der Waals surface area contributed by atoms with Crippen molar-refractivity contribution < 1.29 is 49.0 Å². The van der Waals surface area contributed by atoms with E-state index in [-0.39, 0.29) is 35.6 Å². The molecule has 0 aliphatic heterocycles. The average molecular weight is 711 g/mol. The van der Waals surface area contributed by atoms with E-state index in [2.05, 4.69) is 143 Å². The van der Waals surface area contributed by atoms with Crippen LogP contribution >= 0.6 is 0 Å². The molecule has 2 aliphatic carbocycles. The number of halogens is 2. The summed E-state index contributed by atoms with van der Waals surface area (Å²) in [6.45, 7) is 9.27. The Balaban J connectivity index is 0.000000330. The van der Waals surface area contributed by atoms with Crippen molar-refractivity contribution in [3.8, 4) is 0 Å². The second-order valence-electron chi connectivity index (χ2n) is 12.9. The van der Waals surface area contributed by atoms with Crippen LogP contribution in [0.2, 0.25) is 0 Å². The van der Waals surface area contributed by atoms with Crippen molar-refractivity contribution in [3.05, 3.63) is 150 Å². The van der Waals surface area contributed by atoms with E-state index >= 15 is 0 Å². The molecular formula is C42H44Cl2Zr-2. The summed E-state index contributed by atoms with van der Waals surface area (Å²) in [6.07, 6.45) is 17.3. The van der Waals surface area contributed by atoms with Gasteiger partial charge in [0.15, 0.2) is 0 Å². The van der Waals surface area contributed by atoms with Crippen LogP contribution in [0.4, 0.5) is 0 Å². The van der Waals surface area contributed by atoms with E-state index in [0.717, 1.165) is 6.42 Å². The van der Waals surface area contributed by atoms with Gasteiger partial charge < -0.3 is 24.8 Å². The number of hydrogen-bond acceptors (Lipinski definition) is 0. The standard InChI is InChI=1S/C31H29.C6H10.C5H5.2ClH.Zr/c1-30(2,24-11-7-5-8-12-24)26-17-15-22-19-23-16-18-27(21-29(23)28(22)20-26)31(3,4)25-13-9-6-10-14-25;1-2-4-6-5-3-1;1-2-4-5-3-1;;;/h5-21H,1-4H3;1-5H2;1-3H,4H2;2*1H;/q-1;;-1;;;+2/p-2. The van der Waals surface area contributed by atoms with Crippen molar-refractivity contribution in [3.63, 3.8) is 0 Å². The normalized spacial score (nSPS) is 14.1. The Labute approximate surface area is 298 Å². The molecule has 0 heterocycles.